The minimum Gasteiger partial charge on any atom is -0.477 e. The van der Waals surface area contributed by atoms with E-state index in [1.54, 1.807) is 4.90 Å². The number of aromatic carboxylic acids is 1. The van der Waals surface area contributed by atoms with Gasteiger partial charge >= 0.3 is 5.97 Å². The van der Waals surface area contributed by atoms with Crippen molar-refractivity contribution < 1.29 is 18.7 Å². The average Bonchev–Trinajstić information content (AvgIpc) is 3.53. The van der Waals surface area contributed by atoms with Crippen LogP contribution in [0.4, 0.5) is 20.2 Å². The van der Waals surface area contributed by atoms with Crippen LogP contribution >= 0.6 is 0 Å². The molecule has 0 radical (unpaired) electrons. The molecule has 2 aromatic rings. The number of nitrogens with two attached hydrogens (primary N) is 1. The number of hydrogen-bond acceptors (Lipinski definition) is 5. The highest BCUT2D eigenvalue weighted by Gasteiger charge is 2.42. The zero-order valence-corrected chi connectivity index (χ0v) is 16.7. The Morgan fingerprint density at radius 2 is 2.00 bits per heavy atom. The van der Waals surface area contributed by atoms with Crippen molar-refractivity contribution >= 4 is 28.2 Å². The van der Waals surface area contributed by atoms with Crippen LogP contribution in [-0.4, -0.2) is 40.3 Å². The fraction of sp³-hybridized carbons (Fsp3) is 0.524. The van der Waals surface area contributed by atoms with Crippen LogP contribution in [0.25, 0.3) is 10.9 Å². The summed E-state index contributed by atoms with van der Waals surface area (Å²) in [6.07, 6.45) is 5.29. The Kier molecular flexibility index (Phi) is 4.12. The molecule has 6 rings (SSSR count). The fourth-order valence-corrected chi connectivity index (χ4v) is 5.05. The number of carbonyl (C=O) groups is 1. The van der Waals surface area contributed by atoms with E-state index in [4.69, 9.17) is 5.73 Å². The van der Waals surface area contributed by atoms with Gasteiger partial charge in [-0.15, -0.1) is 0 Å². The number of carboxylic acids is 1. The number of rotatable bonds is 3. The maximum absolute atomic E-state index is 16.0. The van der Waals surface area contributed by atoms with Gasteiger partial charge in [-0.2, -0.15) is 0 Å². The molecule has 1 aromatic carbocycles. The molecule has 7 nitrogen and oxygen atoms in total. The lowest BCUT2D eigenvalue weighted by Crippen LogP contribution is -2.61. The first-order valence-electron chi connectivity index (χ1n) is 10.3. The van der Waals surface area contributed by atoms with Crippen molar-refractivity contribution in [3.63, 3.8) is 0 Å². The molecule has 160 valence electrons. The first kappa shape index (κ1) is 19.3. The van der Waals surface area contributed by atoms with Crippen LogP contribution in [0, 0.1) is 11.6 Å². The Bertz CT molecular complexity index is 1140. The number of anilines is 2. The molecule has 3 aliphatic heterocycles. The van der Waals surface area contributed by atoms with Crippen molar-refractivity contribution in [1.82, 2.24) is 9.88 Å². The monoisotopic (exact) mass is 418 g/mol. The number of carboxylic acid groups (broad SMARTS) is 1. The molecule has 0 spiro atoms. The minimum absolute atomic E-state index is 0.0826. The first-order chi connectivity index (χ1) is 14.2. The molecule has 4 N–H and O–H groups in total. The number of benzene rings is 1. The number of nitrogen functional groups attached to an aromatic ring is 1. The molecule has 3 saturated heterocycles. The number of aromatic nitrogens is 1. The second-order valence-corrected chi connectivity index (χ2v) is 9.04. The molecular weight excluding hydrogens is 394 g/mol. The second-order valence-electron chi connectivity index (χ2n) is 9.04. The van der Waals surface area contributed by atoms with E-state index in [1.165, 1.54) is 10.8 Å². The Hall–Kier alpha value is -2.68. The highest BCUT2D eigenvalue weighted by atomic mass is 19.1. The molecule has 9 heteroatoms. The summed E-state index contributed by atoms with van der Waals surface area (Å²) in [5.74, 6) is -3.27. The minimum atomic E-state index is -1.44. The summed E-state index contributed by atoms with van der Waals surface area (Å²) in [5.41, 5.74) is 3.49. The normalized spacial score (nSPS) is 26.2. The fourth-order valence-electron chi connectivity index (χ4n) is 5.05. The molecular formula is C21H24F2N4O3. The number of halogens is 2. The van der Waals surface area contributed by atoms with Crippen LogP contribution in [0.15, 0.2) is 11.0 Å². The van der Waals surface area contributed by atoms with E-state index in [2.05, 4.69) is 5.32 Å². The van der Waals surface area contributed by atoms with Gasteiger partial charge in [0.05, 0.1) is 16.6 Å². The highest BCUT2D eigenvalue weighted by molar-refractivity contribution is 5.99. The number of hydrogen-bond donors (Lipinski definition) is 3. The van der Waals surface area contributed by atoms with Crippen LogP contribution in [-0.2, 0) is 0 Å². The Labute approximate surface area is 171 Å². The van der Waals surface area contributed by atoms with Gasteiger partial charge < -0.3 is 25.6 Å². The molecule has 30 heavy (non-hydrogen) atoms. The van der Waals surface area contributed by atoms with Gasteiger partial charge in [0.2, 0.25) is 5.43 Å². The van der Waals surface area contributed by atoms with Gasteiger partial charge in [0, 0.05) is 36.9 Å². The van der Waals surface area contributed by atoms with Crippen LogP contribution < -0.4 is 21.4 Å². The first-order valence-corrected chi connectivity index (χ1v) is 10.3. The predicted octanol–water partition coefficient (Wildman–Crippen LogP) is 2.62. The molecule has 1 saturated carbocycles. The summed E-state index contributed by atoms with van der Waals surface area (Å²) in [6, 6.07) is -0.209. The Morgan fingerprint density at radius 3 is 2.67 bits per heavy atom. The van der Waals surface area contributed by atoms with Gasteiger partial charge in [-0.3, -0.25) is 4.79 Å². The van der Waals surface area contributed by atoms with Gasteiger partial charge in [0.25, 0.3) is 0 Å². The smallest absolute Gasteiger partial charge is 0.341 e. The van der Waals surface area contributed by atoms with Crippen LogP contribution in [0.1, 0.15) is 55.4 Å². The van der Waals surface area contributed by atoms with Crippen LogP contribution in [0.5, 0.6) is 0 Å². The van der Waals surface area contributed by atoms with Gasteiger partial charge in [0.15, 0.2) is 11.6 Å². The van der Waals surface area contributed by atoms with Crippen molar-refractivity contribution in [1.29, 1.82) is 0 Å². The standard InChI is InChI=1S/C21H24F2N4O3/c1-21-6-2-3-11(7-25-21)27(9-21)18-14(22)16(24)13-17(15(18)23)26(10-4-5-10)8-12(19(13)28)20(29)30/h8,10-11,25H,2-7,9,24H2,1H3,(H,29,30). The number of pyridine rings is 1. The molecule has 4 fully saturated rings. The molecule has 2 bridgehead atoms. The summed E-state index contributed by atoms with van der Waals surface area (Å²) in [6.45, 7) is 3.08. The third kappa shape index (κ3) is 2.71. The third-order valence-corrected chi connectivity index (χ3v) is 6.81. The lowest BCUT2D eigenvalue weighted by atomic mass is 9.95. The molecule has 1 aliphatic carbocycles. The topological polar surface area (TPSA) is 101 Å². The van der Waals surface area contributed by atoms with Gasteiger partial charge in [0.1, 0.15) is 11.3 Å². The molecule has 2 unspecified atom stereocenters. The van der Waals surface area contributed by atoms with Gasteiger partial charge in [-0.05, 0) is 39.0 Å². The molecule has 4 heterocycles. The SMILES string of the molecule is CC12CCCC(CN1)N(c1c(F)c(N)c3c(=O)c(C(=O)O)cn(C4CC4)c3c1F)C2. The summed E-state index contributed by atoms with van der Waals surface area (Å²) in [5, 5.41) is 12.5. The Balaban J connectivity index is 1.82. The van der Waals surface area contributed by atoms with E-state index >= 15 is 8.78 Å². The van der Waals surface area contributed by atoms with Gasteiger partial charge in [-0.25, -0.2) is 13.6 Å². The maximum Gasteiger partial charge on any atom is 0.341 e. The van der Waals surface area contributed by atoms with E-state index in [0.29, 0.717) is 13.1 Å². The second kappa shape index (κ2) is 6.41. The van der Waals surface area contributed by atoms with E-state index in [1.807, 2.05) is 6.92 Å². The average molecular weight is 418 g/mol. The zero-order chi connectivity index (χ0) is 21.4. The lowest BCUT2D eigenvalue weighted by Gasteiger charge is -2.44. The van der Waals surface area contributed by atoms with E-state index < -0.39 is 34.3 Å². The van der Waals surface area contributed by atoms with Crippen molar-refractivity contribution in [2.24, 2.45) is 0 Å². The van der Waals surface area contributed by atoms with Gasteiger partial charge in [-0.1, -0.05) is 0 Å². The number of nitrogens with one attached hydrogen (secondary N) is 1. The molecule has 4 aliphatic rings. The van der Waals surface area contributed by atoms with Crippen LogP contribution in [0.2, 0.25) is 0 Å². The molecule has 0 amide bonds. The van der Waals surface area contributed by atoms with Crippen molar-refractivity contribution in [2.75, 3.05) is 23.7 Å². The predicted molar refractivity (Wildman–Crippen MR) is 109 cm³/mol. The quantitative estimate of drug-likeness (QED) is 0.663. The molecule has 2 atom stereocenters. The zero-order valence-electron chi connectivity index (χ0n) is 16.7. The highest BCUT2D eigenvalue weighted by Crippen LogP contribution is 2.43. The van der Waals surface area contributed by atoms with E-state index in [0.717, 1.165) is 32.1 Å². The third-order valence-electron chi connectivity index (χ3n) is 6.81. The number of fused-ring (bicyclic) bond motifs is 5. The largest absolute Gasteiger partial charge is 0.477 e. The van der Waals surface area contributed by atoms with Crippen molar-refractivity contribution in [3.05, 3.63) is 33.6 Å². The summed E-state index contributed by atoms with van der Waals surface area (Å²) >= 11 is 0. The van der Waals surface area contributed by atoms with Crippen molar-refractivity contribution in [2.45, 2.75) is 56.7 Å². The molecule has 1 aromatic heterocycles. The lowest BCUT2D eigenvalue weighted by molar-refractivity contribution is 0.0695. The summed E-state index contributed by atoms with van der Waals surface area (Å²) in [4.78, 5) is 26.1. The van der Waals surface area contributed by atoms with Crippen molar-refractivity contribution in [3.8, 4) is 0 Å². The summed E-state index contributed by atoms with van der Waals surface area (Å²) < 4.78 is 32.9. The summed E-state index contributed by atoms with van der Waals surface area (Å²) in [7, 11) is 0. The number of nitrogens with zero attached hydrogens (tertiary/aromatic N) is 2. The number of piperazine rings is 1. The van der Waals surface area contributed by atoms with E-state index in [-0.39, 0.29) is 34.2 Å². The Morgan fingerprint density at radius 1 is 1.27 bits per heavy atom. The van der Waals surface area contributed by atoms with E-state index in [9.17, 15) is 14.7 Å². The van der Waals surface area contributed by atoms with Crippen LogP contribution in [0.3, 0.4) is 0 Å². The maximum atomic E-state index is 16.0.